The van der Waals surface area contributed by atoms with Gasteiger partial charge in [-0.3, -0.25) is 4.90 Å². The monoisotopic (exact) mass is 296 g/mol. The van der Waals surface area contributed by atoms with E-state index < -0.39 is 0 Å². The van der Waals surface area contributed by atoms with Gasteiger partial charge in [0.25, 0.3) is 0 Å². The van der Waals surface area contributed by atoms with Gasteiger partial charge in [-0.1, -0.05) is 24.1 Å². The summed E-state index contributed by atoms with van der Waals surface area (Å²) < 4.78 is 0. The number of thiazole rings is 1. The van der Waals surface area contributed by atoms with Crippen LogP contribution in [0, 0.1) is 11.8 Å². The van der Waals surface area contributed by atoms with Gasteiger partial charge in [0.15, 0.2) is 5.01 Å². The van der Waals surface area contributed by atoms with E-state index in [9.17, 15) is 0 Å². The molecule has 1 fully saturated rings. The summed E-state index contributed by atoms with van der Waals surface area (Å²) in [5, 5.41) is 0.908. The number of likely N-dealkylation sites (tertiary alicyclic amines) is 1. The Bertz CT molecular complexity index is 661. The zero-order valence-electron chi connectivity index (χ0n) is 12.6. The Morgan fingerprint density at radius 1 is 1.24 bits per heavy atom. The SMILES string of the molecule is CC1(C)CCCN1Cc1cnc(C#Cc2ccccc2)s1. The van der Waals surface area contributed by atoms with Gasteiger partial charge >= 0.3 is 0 Å². The molecule has 0 bridgehead atoms. The number of benzene rings is 1. The van der Waals surface area contributed by atoms with Crippen molar-refractivity contribution in [1.29, 1.82) is 0 Å². The highest BCUT2D eigenvalue weighted by Gasteiger charge is 2.31. The normalized spacial score (nSPS) is 17.4. The molecule has 21 heavy (non-hydrogen) atoms. The van der Waals surface area contributed by atoms with Crippen LogP contribution in [-0.4, -0.2) is 22.0 Å². The van der Waals surface area contributed by atoms with Gasteiger partial charge in [-0.25, -0.2) is 4.98 Å². The molecule has 0 spiro atoms. The van der Waals surface area contributed by atoms with Crippen molar-refractivity contribution in [2.75, 3.05) is 6.54 Å². The maximum absolute atomic E-state index is 4.44. The molecule has 1 saturated heterocycles. The summed E-state index contributed by atoms with van der Waals surface area (Å²) in [6.45, 7) is 6.85. The molecule has 108 valence electrons. The number of hydrogen-bond acceptors (Lipinski definition) is 3. The molecule has 2 nitrogen and oxygen atoms in total. The van der Waals surface area contributed by atoms with E-state index in [1.165, 1.54) is 24.3 Å². The Morgan fingerprint density at radius 3 is 2.76 bits per heavy atom. The van der Waals surface area contributed by atoms with Crippen molar-refractivity contribution in [3.05, 3.63) is 52.0 Å². The second-order valence-electron chi connectivity index (χ2n) is 6.09. The highest BCUT2D eigenvalue weighted by molar-refractivity contribution is 7.12. The Balaban J connectivity index is 1.68. The third kappa shape index (κ3) is 3.53. The lowest BCUT2D eigenvalue weighted by Gasteiger charge is -2.30. The summed E-state index contributed by atoms with van der Waals surface area (Å²) >= 11 is 1.71. The zero-order chi connectivity index (χ0) is 14.7. The van der Waals surface area contributed by atoms with Gasteiger partial charge in [-0.05, 0) is 51.3 Å². The lowest BCUT2D eigenvalue weighted by atomic mass is 10.0. The molecule has 0 atom stereocenters. The van der Waals surface area contributed by atoms with Gasteiger partial charge in [-0.15, -0.1) is 11.3 Å². The summed E-state index contributed by atoms with van der Waals surface area (Å²) in [5.41, 5.74) is 1.36. The first kappa shape index (κ1) is 14.3. The molecule has 0 aliphatic carbocycles. The second-order valence-corrected chi connectivity index (χ2v) is 7.20. The Labute approximate surface area is 130 Å². The largest absolute Gasteiger partial charge is 0.293 e. The molecule has 2 aromatic rings. The Morgan fingerprint density at radius 2 is 2.05 bits per heavy atom. The lowest BCUT2D eigenvalue weighted by molar-refractivity contribution is 0.168. The smallest absolute Gasteiger partial charge is 0.167 e. The summed E-state index contributed by atoms with van der Waals surface area (Å²) in [5.74, 6) is 6.33. The van der Waals surface area contributed by atoms with Crippen molar-refractivity contribution in [2.45, 2.75) is 38.8 Å². The first-order valence-electron chi connectivity index (χ1n) is 7.40. The fraction of sp³-hybridized carbons (Fsp3) is 0.389. The molecular weight excluding hydrogens is 276 g/mol. The third-order valence-corrected chi connectivity index (χ3v) is 4.96. The van der Waals surface area contributed by atoms with Gasteiger partial charge in [-0.2, -0.15) is 0 Å². The topological polar surface area (TPSA) is 16.1 Å². The van der Waals surface area contributed by atoms with Crippen molar-refractivity contribution in [3.8, 4) is 11.8 Å². The summed E-state index contributed by atoms with van der Waals surface area (Å²) in [6, 6.07) is 10.1. The molecule has 0 radical (unpaired) electrons. The molecular formula is C18H20N2S. The van der Waals surface area contributed by atoms with Crippen molar-refractivity contribution in [1.82, 2.24) is 9.88 Å². The molecule has 1 aromatic heterocycles. The average Bonchev–Trinajstić information content (AvgIpc) is 3.05. The number of rotatable bonds is 2. The van der Waals surface area contributed by atoms with Gasteiger partial charge in [0.05, 0.1) is 0 Å². The molecule has 3 rings (SSSR count). The molecule has 3 heteroatoms. The second kappa shape index (κ2) is 6.01. The predicted octanol–water partition coefficient (Wildman–Crippen LogP) is 3.92. The van der Waals surface area contributed by atoms with E-state index in [0.717, 1.165) is 17.1 Å². The van der Waals surface area contributed by atoms with Crippen LogP contribution in [0.1, 0.15) is 42.1 Å². The van der Waals surface area contributed by atoms with Crippen LogP contribution in [0.3, 0.4) is 0 Å². The third-order valence-electron chi connectivity index (χ3n) is 4.06. The molecule has 2 heterocycles. The highest BCUT2D eigenvalue weighted by Crippen LogP contribution is 2.30. The van der Waals surface area contributed by atoms with Crippen LogP contribution in [0.25, 0.3) is 0 Å². The van der Waals surface area contributed by atoms with E-state index in [4.69, 9.17) is 0 Å². The van der Waals surface area contributed by atoms with Gasteiger partial charge in [0.2, 0.25) is 0 Å². The van der Waals surface area contributed by atoms with Crippen LogP contribution in [0.4, 0.5) is 0 Å². The minimum Gasteiger partial charge on any atom is -0.293 e. The van der Waals surface area contributed by atoms with E-state index in [-0.39, 0.29) is 0 Å². The van der Waals surface area contributed by atoms with Gasteiger partial charge in [0, 0.05) is 28.7 Å². The maximum atomic E-state index is 4.44. The molecule has 0 N–H and O–H groups in total. The number of nitrogens with zero attached hydrogens (tertiary/aromatic N) is 2. The zero-order valence-corrected chi connectivity index (χ0v) is 13.4. The van der Waals surface area contributed by atoms with Crippen LogP contribution in [-0.2, 0) is 6.54 Å². The van der Waals surface area contributed by atoms with Gasteiger partial charge in [0.1, 0.15) is 0 Å². The van der Waals surface area contributed by atoms with Crippen molar-refractivity contribution < 1.29 is 0 Å². The highest BCUT2D eigenvalue weighted by atomic mass is 32.1. The van der Waals surface area contributed by atoms with E-state index in [2.05, 4.69) is 35.6 Å². The fourth-order valence-electron chi connectivity index (χ4n) is 2.73. The molecule has 1 aliphatic heterocycles. The Kier molecular flexibility index (Phi) is 4.10. The van der Waals surface area contributed by atoms with E-state index in [1.54, 1.807) is 11.3 Å². The van der Waals surface area contributed by atoms with Crippen LogP contribution in [0.5, 0.6) is 0 Å². The maximum Gasteiger partial charge on any atom is 0.167 e. The van der Waals surface area contributed by atoms with Crippen molar-refractivity contribution in [3.63, 3.8) is 0 Å². The summed E-state index contributed by atoms with van der Waals surface area (Å²) in [4.78, 5) is 8.30. The predicted molar refractivity (Wildman–Crippen MR) is 88.3 cm³/mol. The van der Waals surface area contributed by atoms with E-state index >= 15 is 0 Å². The number of aromatic nitrogens is 1. The van der Waals surface area contributed by atoms with Crippen LogP contribution in [0.15, 0.2) is 36.5 Å². The average molecular weight is 296 g/mol. The summed E-state index contributed by atoms with van der Waals surface area (Å²) in [7, 11) is 0. The molecule has 0 unspecified atom stereocenters. The molecule has 1 aliphatic rings. The lowest BCUT2D eigenvalue weighted by Crippen LogP contribution is -2.37. The minimum absolute atomic E-state index is 0.319. The van der Waals surface area contributed by atoms with Crippen molar-refractivity contribution >= 4 is 11.3 Å². The molecule has 1 aromatic carbocycles. The Hall–Kier alpha value is -1.63. The van der Waals surface area contributed by atoms with Crippen LogP contribution >= 0.6 is 11.3 Å². The van der Waals surface area contributed by atoms with E-state index in [1.807, 2.05) is 36.5 Å². The van der Waals surface area contributed by atoms with Gasteiger partial charge < -0.3 is 0 Å². The quantitative estimate of drug-likeness (QED) is 0.781. The summed E-state index contributed by atoms with van der Waals surface area (Å²) in [6.07, 6.45) is 4.56. The first-order chi connectivity index (χ1) is 10.1. The van der Waals surface area contributed by atoms with Crippen LogP contribution < -0.4 is 0 Å². The van der Waals surface area contributed by atoms with E-state index in [0.29, 0.717) is 5.54 Å². The molecule has 0 saturated carbocycles. The first-order valence-corrected chi connectivity index (χ1v) is 8.22. The van der Waals surface area contributed by atoms with Crippen LogP contribution in [0.2, 0.25) is 0 Å². The minimum atomic E-state index is 0.319. The standard InChI is InChI=1S/C18H20N2S/c1-18(2)11-6-12-20(18)14-16-13-19-17(21-16)10-9-15-7-4-3-5-8-15/h3-5,7-8,13H,6,11-12,14H2,1-2H3. The fourth-order valence-corrected chi connectivity index (χ4v) is 3.51. The number of hydrogen-bond donors (Lipinski definition) is 0. The molecule has 0 amide bonds. The van der Waals surface area contributed by atoms with Crippen molar-refractivity contribution in [2.24, 2.45) is 0 Å².